The lowest BCUT2D eigenvalue weighted by Crippen LogP contribution is -2.44. The van der Waals surface area contributed by atoms with Gasteiger partial charge in [-0.3, -0.25) is 9.48 Å². The van der Waals surface area contributed by atoms with Crippen molar-refractivity contribution in [3.05, 3.63) is 35.5 Å². The summed E-state index contributed by atoms with van der Waals surface area (Å²) in [5, 5.41) is 7.21. The lowest BCUT2D eigenvalue weighted by Gasteiger charge is -2.24. The van der Waals surface area contributed by atoms with Crippen LogP contribution in [0.3, 0.4) is 0 Å². The van der Waals surface area contributed by atoms with Gasteiger partial charge in [0.05, 0.1) is 24.2 Å². The van der Waals surface area contributed by atoms with Crippen LogP contribution in [0.2, 0.25) is 0 Å². The first kappa shape index (κ1) is 21.2. The molecule has 0 aromatic carbocycles. The van der Waals surface area contributed by atoms with Crippen LogP contribution in [0.25, 0.3) is 0 Å². The summed E-state index contributed by atoms with van der Waals surface area (Å²) in [5.74, 6) is 0.338. The normalized spacial score (nSPS) is 12.6. The number of aryl methyl sites for hydroxylation is 1. The van der Waals surface area contributed by atoms with Crippen molar-refractivity contribution in [3.8, 4) is 0 Å². The Balaban J connectivity index is 2.24. The maximum Gasteiger partial charge on any atom is 0.246 e. The molecule has 27 heavy (non-hydrogen) atoms. The van der Waals surface area contributed by atoms with Crippen molar-refractivity contribution < 1.29 is 17.6 Å². The van der Waals surface area contributed by atoms with Crippen LogP contribution in [0.1, 0.15) is 44.3 Å². The lowest BCUT2D eigenvalue weighted by molar-refractivity contribution is -0.123. The third-order valence-corrected chi connectivity index (χ3v) is 6.65. The zero-order valence-corrected chi connectivity index (χ0v) is 17.6. The summed E-state index contributed by atoms with van der Waals surface area (Å²) in [6.45, 7) is 9.23. The first-order valence-corrected chi connectivity index (χ1v) is 10.3. The van der Waals surface area contributed by atoms with Crippen LogP contribution in [0.15, 0.2) is 27.7 Å². The Bertz CT molecular complexity index is 898. The van der Waals surface area contributed by atoms with Gasteiger partial charge in [0.1, 0.15) is 17.2 Å². The molecule has 1 N–H and O–H groups in total. The summed E-state index contributed by atoms with van der Waals surface area (Å²) in [7, 11) is -2.28. The molecule has 0 spiro atoms. The molecule has 0 saturated carbocycles. The van der Waals surface area contributed by atoms with Crippen LogP contribution >= 0.6 is 0 Å². The number of sulfonamides is 1. The highest BCUT2D eigenvalue weighted by Gasteiger charge is 2.30. The Kier molecular flexibility index (Phi) is 6.16. The number of hydrogen-bond acceptors (Lipinski definition) is 5. The summed E-state index contributed by atoms with van der Waals surface area (Å²) >= 11 is 0. The topological polar surface area (TPSA) is 97.4 Å². The average molecular weight is 397 g/mol. The highest BCUT2D eigenvalue weighted by molar-refractivity contribution is 7.89. The number of nitrogens with zero attached hydrogens (tertiary/aromatic N) is 3. The third kappa shape index (κ3) is 4.78. The molecule has 2 aromatic heterocycles. The Morgan fingerprint density at radius 1 is 1.37 bits per heavy atom. The highest BCUT2D eigenvalue weighted by atomic mass is 32.2. The van der Waals surface area contributed by atoms with Gasteiger partial charge in [-0.25, -0.2) is 8.42 Å². The number of nitrogens with one attached hydrogen (secondary N) is 1. The van der Waals surface area contributed by atoms with E-state index in [-0.39, 0.29) is 29.4 Å². The fourth-order valence-electron chi connectivity index (χ4n) is 2.71. The molecule has 0 aliphatic rings. The second kappa shape index (κ2) is 7.85. The van der Waals surface area contributed by atoms with Crippen LogP contribution in [0.4, 0.5) is 0 Å². The van der Waals surface area contributed by atoms with Crippen molar-refractivity contribution in [2.45, 2.75) is 64.6 Å². The summed E-state index contributed by atoms with van der Waals surface area (Å²) in [6, 6.07) is 3.43. The molecule has 0 radical (unpaired) electrons. The Labute approximate surface area is 160 Å². The number of amides is 1. The van der Waals surface area contributed by atoms with Gasteiger partial charge in [-0.15, -0.1) is 0 Å². The van der Waals surface area contributed by atoms with Gasteiger partial charge in [-0.05, 0) is 46.2 Å². The predicted molar refractivity (Wildman–Crippen MR) is 102 cm³/mol. The fourth-order valence-corrected chi connectivity index (χ4v) is 4.21. The van der Waals surface area contributed by atoms with Crippen molar-refractivity contribution in [1.29, 1.82) is 0 Å². The molecule has 0 atom stereocenters. The van der Waals surface area contributed by atoms with E-state index >= 15 is 0 Å². The second-order valence-corrected chi connectivity index (χ2v) is 9.27. The number of carbonyl (C=O) groups excluding carboxylic acids is 1. The summed E-state index contributed by atoms with van der Waals surface area (Å²) in [4.78, 5) is 12.4. The number of carbonyl (C=O) groups is 1. The molecule has 1 amide bonds. The molecule has 0 saturated heterocycles. The second-order valence-electron chi connectivity index (χ2n) is 7.28. The first-order valence-electron chi connectivity index (χ1n) is 8.81. The van der Waals surface area contributed by atoms with Gasteiger partial charge >= 0.3 is 0 Å². The van der Waals surface area contributed by atoms with Gasteiger partial charge < -0.3 is 9.73 Å². The van der Waals surface area contributed by atoms with Gasteiger partial charge in [-0.2, -0.15) is 9.40 Å². The van der Waals surface area contributed by atoms with E-state index in [2.05, 4.69) is 10.4 Å². The molecule has 150 valence electrons. The van der Waals surface area contributed by atoms with Gasteiger partial charge in [-0.1, -0.05) is 6.92 Å². The summed E-state index contributed by atoms with van der Waals surface area (Å²) in [6.07, 6.45) is 2.29. The van der Waals surface area contributed by atoms with Crippen LogP contribution < -0.4 is 5.32 Å². The molecule has 0 unspecified atom stereocenters. The Hall–Kier alpha value is -2.13. The van der Waals surface area contributed by atoms with Gasteiger partial charge in [0.25, 0.3) is 0 Å². The van der Waals surface area contributed by atoms with Crippen LogP contribution in [-0.2, 0) is 27.9 Å². The SMILES string of the molecule is CCC(C)(C)NC(=O)Cn1nc(C)c(S(=O)(=O)N(C)Cc2ccco2)c1C. The maximum absolute atomic E-state index is 13.0. The average Bonchev–Trinajstić information content (AvgIpc) is 3.15. The maximum atomic E-state index is 13.0. The zero-order valence-electron chi connectivity index (χ0n) is 16.7. The standard InChI is InChI=1S/C18H28N4O4S/c1-7-18(4,5)19-16(23)12-22-14(3)17(13(2)20-22)27(24,25)21(6)11-15-9-8-10-26-15/h8-10H,7,11-12H2,1-6H3,(H,19,23). The van der Waals surface area contributed by atoms with E-state index in [0.29, 0.717) is 17.1 Å². The molecule has 0 aliphatic carbocycles. The Morgan fingerprint density at radius 3 is 2.59 bits per heavy atom. The Morgan fingerprint density at radius 2 is 2.04 bits per heavy atom. The molecule has 9 heteroatoms. The molecule has 0 bridgehead atoms. The minimum absolute atomic E-state index is 0.0342. The molecule has 2 rings (SSSR count). The molecular formula is C18H28N4O4S. The van der Waals surface area contributed by atoms with Crippen molar-refractivity contribution in [3.63, 3.8) is 0 Å². The van der Waals surface area contributed by atoms with E-state index in [1.54, 1.807) is 26.0 Å². The van der Waals surface area contributed by atoms with Crippen molar-refractivity contribution in [2.24, 2.45) is 0 Å². The summed E-state index contributed by atoms with van der Waals surface area (Å²) in [5.41, 5.74) is 0.468. The monoisotopic (exact) mass is 396 g/mol. The van der Waals surface area contributed by atoms with Gasteiger partial charge in [0.2, 0.25) is 15.9 Å². The number of furan rings is 1. The first-order chi connectivity index (χ1) is 12.5. The number of rotatable bonds is 8. The quantitative estimate of drug-likeness (QED) is 0.738. The number of hydrogen-bond donors (Lipinski definition) is 1. The number of aromatic nitrogens is 2. The summed E-state index contributed by atoms with van der Waals surface area (Å²) < 4.78 is 33.9. The van der Waals surface area contributed by atoms with Crippen molar-refractivity contribution in [1.82, 2.24) is 19.4 Å². The third-order valence-electron chi connectivity index (χ3n) is 4.60. The van der Waals surface area contributed by atoms with Crippen LogP contribution in [-0.4, -0.2) is 41.0 Å². The molecule has 0 fully saturated rings. The van der Waals surface area contributed by atoms with E-state index in [4.69, 9.17) is 4.42 Å². The minimum Gasteiger partial charge on any atom is -0.468 e. The predicted octanol–water partition coefficient (Wildman–Crippen LogP) is 2.22. The van der Waals surface area contributed by atoms with E-state index < -0.39 is 10.0 Å². The van der Waals surface area contributed by atoms with Crippen LogP contribution in [0, 0.1) is 13.8 Å². The van der Waals surface area contributed by atoms with Crippen molar-refractivity contribution >= 4 is 15.9 Å². The van der Waals surface area contributed by atoms with E-state index in [1.165, 1.54) is 22.3 Å². The van der Waals surface area contributed by atoms with E-state index in [1.807, 2.05) is 20.8 Å². The molecular weight excluding hydrogens is 368 g/mol. The van der Waals surface area contributed by atoms with Gasteiger partial charge in [0, 0.05) is 12.6 Å². The minimum atomic E-state index is -3.77. The molecule has 2 heterocycles. The van der Waals surface area contributed by atoms with E-state index in [9.17, 15) is 13.2 Å². The fraction of sp³-hybridized carbons (Fsp3) is 0.556. The largest absolute Gasteiger partial charge is 0.468 e. The zero-order chi connectivity index (χ0) is 20.4. The molecule has 8 nitrogen and oxygen atoms in total. The molecule has 2 aromatic rings. The smallest absolute Gasteiger partial charge is 0.246 e. The van der Waals surface area contributed by atoms with E-state index in [0.717, 1.165) is 6.42 Å². The van der Waals surface area contributed by atoms with Crippen LogP contribution in [0.5, 0.6) is 0 Å². The lowest BCUT2D eigenvalue weighted by atomic mass is 10.0. The van der Waals surface area contributed by atoms with Gasteiger partial charge in [0.15, 0.2) is 0 Å². The molecule has 0 aliphatic heterocycles. The van der Waals surface area contributed by atoms with Crippen molar-refractivity contribution in [2.75, 3.05) is 7.05 Å². The highest BCUT2D eigenvalue weighted by Crippen LogP contribution is 2.24.